The summed E-state index contributed by atoms with van der Waals surface area (Å²) < 4.78 is 34.0. The molecule has 0 bridgehead atoms. The maximum atomic E-state index is 14.2. The van der Waals surface area contributed by atoms with Crippen LogP contribution < -0.4 is 4.74 Å². The normalized spacial score (nSPS) is 29.2. The molecule has 150 valence electrons. The number of hydrogen-bond acceptors (Lipinski definition) is 1. The standard InChI is InChI=1S/C24H34F2O/c1-16-15-20-12-14-21(27-24(20)23(26)22(16)25)13-9-17-7-10-19(11-8-17)18-5-3-2-4-6-18/h15,17-19,21H,2-14H2,1H3. The number of ether oxygens (including phenoxy) is 1. The topological polar surface area (TPSA) is 9.23 Å². The van der Waals surface area contributed by atoms with Crippen LogP contribution in [-0.4, -0.2) is 6.10 Å². The van der Waals surface area contributed by atoms with E-state index in [1.807, 2.05) is 0 Å². The van der Waals surface area contributed by atoms with Gasteiger partial charge >= 0.3 is 0 Å². The van der Waals surface area contributed by atoms with Crippen LogP contribution in [0.3, 0.4) is 0 Å². The molecule has 0 radical (unpaired) electrons. The van der Waals surface area contributed by atoms with Crippen LogP contribution in [-0.2, 0) is 6.42 Å². The van der Waals surface area contributed by atoms with Crippen molar-refractivity contribution in [3.05, 3.63) is 28.8 Å². The van der Waals surface area contributed by atoms with E-state index in [1.165, 1.54) is 64.2 Å². The predicted octanol–water partition coefficient (Wildman–Crippen LogP) is 7.13. The Labute approximate surface area is 162 Å². The van der Waals surface area contributed by atoms with E-state index in [0.29, 0.717) is 5.56 Å². The summed E-state index contributed by atoms with van der Waals surface area (Å²) in [5.74, 6) is 1.40. The average molecular weight is 377 g/mol. The molecule has 27 heavy (non-hydrogen) atoms. The molecule has 3 heteroatoms. The maximum absolute atomic E-state index is 14.2. The first-order valence-electron chi connectivity index (χ1n) is 11.3. The minimum Gasteiger partial charge on any atom is -0.487 e. The second kappa shape index (κ2) is 8.49. The molecule has 1 aromatic rings. The SMILES string of the molecule is Cc1cc2c(c(F)c1F)OC(CCC1CCC(C3CCCCC3)CC1)CC2. The largest absolute Gasteiger partial charge is 0.487 e. The number of aryl methyl sites for hydroxylation is 2. The number of rotatable bonds is 4. The average Bonchev–Trinajstić information content (AvgIpc) is 2.72. The summed E-state index contributed by atoms with van der Waals surface area (Å²) in [5, 5.41) is 0. The van der Waals surface area contributed by atoms with Gasteiger partial charge in [0.1, 0.15) is 0 Å². The highest BCUT2D eigenvalue weighted by atomic mass is 19.2. The number of fused-ring (bicyclic) bond motifs is 1. The second-order valence-corrected chi connectivity index (χ2v) is 9.34. The van der Waals surface area contributed by atoms with Gasteiger partial charge in [-0.05, 0) is 80.4 Å². The predicted molar refractivity (Wildman–Crippen MR) is 105 cm³/mol. The third-order valence-electron chi connectivity index (χ3n) is 7.55. The first-order chi connectivity index (χ1) is 13.1. The van der Waals surface area contributed by atoms with Gasteiger partial charge in [-0.2, -0.15) is 4.39 Å². The van der Waals surface area contributed by atoms with Crippen molar-refractivity contribution in [2.45, 2.75) is 96.5 Å². The van der Waals surface area contributed by atoms with Crippen LogP contribution in [0, 0.1) is 36.3 Å². The monoisotopic (exact) mass is 376 g/mol. The van der Waals surface area contributed by atoms with Crippen LogP contribution in [0.15, 0.2) is 6.07 Å². The lowest BCUT2D eigenvalue weighted by Crippen LogP contribution is -2.27. The van der Waals surface area contributed by atoms with Gasteiger partial charge in [0.25, 0.3) is 0 Å². The number of halogens is 2. The Bertz CT molecular complexity index is 642. The fourth-order valence-electron chi connectivity index (χ4n) is 5.84. The molecule has 1 nitrogen and oxygen atoms in total. The second-order valence-electron chi connectivity index (χ2n) is 9.34. The number of hydrogen-bond donors (Lipinski definition) is 0. The summed E-state index contributed by atoms with van der Waals surface area (Å²) in [5.41, 5.74) is 1.21. The minimum atomic E-state index is -0.789. The molecule has 2 aliphatic carbocycles. The van der Waals surface area contributed by atoms with Crippen LogP contribution in [0.25, 0.3) is 0 Å². The van der Waals surface area contributed by atoms with E-state index < -0.39 is 11.6 Å². The molecule has 2 fully saturated rings. The van der Waals surface area contributed by atoms with Crippen molar-refractivity contribution in [2.24, 2.45) is 17.8 Å². The highest BCUT2D eigenvalue weighted by molar-refractivity contribution is 5.41. The van der Waals surface area contributed by atoms with Crippen molar-refractivity contribution >= 4 is 0 Å². The summed E-state index contributed by atoms with van der Waals surface area (Å²) >= 11 is 0. The highest BCUT2D eigenvalue weighted by Crippen LogP contribution is 2.41. The lowest BCUT2D eigenvalue weighted by molar-refractivity contribution is 0.126. The van der Waals surface area contributed by atoms with E-state index in [-0.39, 0.29) is 11.9 Å². The van der Waals surface area contributed by atoms with Crippen LogP contribution >= 0.6 is 0 Å². The third kappa shape index (κ3) is 4.32. The van der Waals surface area contributed by atoms with Crippen molar-refractivity contribution in [3.8, 4) is 5.75 Å². The molecule has 0 saturated heterocycles. The first-order valence-corrected chi connectivity index (χ1v) is 11.3. The highest BCUT2D eigenvalue weighted by Gasteiger charge is 2.30. The zero-order chi connectivity index (χ0) is 18.8. The van der Waals surface area contributed by atoms with E-state index in [0.717, 1.165) is 42.6 Å². The molecule has 0 N–H and O–H groups in total. The Hall–Kier alpha value is -1.12. The van der Waals surface area contributed by atoms with Gasteiger partial charge in [0.2, 0.25) is 5.82 Å². The summed E-state index contributed by atoms with van der Waals surface area (Å²) in [7, 11) is 0. The summed E-state index contributed by atoms with van der Waals surface area (Å²) in [4.78, 5) is 0. The van der Waals surface area contributed by atoms with Gasteiger partial charge in [-0.1, -0.05) is 44.9 Å². The van der Waals surface area contributed by atoms with Crippen LogP contribution in [0.5, 0.6) is 5.75 Å². The number of benzene rings is 1. The molecule has 4 rings (SSSR count). The summed E-state index contributed by atoms with van der Waals surface area (Å²) in [6.45, 7) is 1.62. The minimum absolute atomic E-state index is 0.0465. The first kappa shape index (κ1) is 19.2. The van der Waals surface area contributed by atoms with Gasteiger partial charge in [-0.15, -0.1) is 0 Å². The van der Waals surface area contributed by atoms with Gasteiger partial charge < -0.3 is 4.74 Å². The van der Waals surface area contributed by atoms with Gasteiger partial charge in [0.15, 0.2) is 11.6 Å². The van der Waals surface area contributed by atoms with Crippen LogP contribution in [0.1, 0.15) is 88.2 Å². The Morgan fingerprint density at radius 3 is 2.30 bits per heavy atom. The molecule has 0 spiro atoms. The molecule has 1 aliphatic heterocycles. The summed E-state index contributed by atoms with van der Waals surface area (Å²) in [6.07, 6.45) is 16.7. The molecule has 3 aliphatic rings. The van der Waals surface area contributed by atoms with E-state index in [4.69, 9.17) is 4.74 Å². The Morgan fingerprint density at radius 1 is 0.852 bits per heavy atom. The molecular weight excluding hydrogens is 342 g/mol. The molecule has 1 unspecified atom stereocenters. The van der Waals surface area contributed by atoms with Gasteiger partial charge in [-0.3, -0.25) is 0 Å². The third-order valence-corrected chi connectivity index (χ3v) is 7.55. The van der Waals surface area contributed by atoms with Crippen LogP contribution in [0.2, 0.25) is 0 Å². The zero-order valence-electron chi connectivity index (χ0n) is 16.7. The van der Waals surface area contributed by atoms with E-state index in [9.17, 15) is 8.78 Å². The quantitative estimate of drug-likeness (QED) is 0.543. The van der Waals surface area contributed by atoms with Crippen molar-refractivity contribution < 1.29 is 13.5 Å². The molecule has 0 amide bonds. The van der Waals surface area contributed by atoms with Gasteiger partial charge in [-0.25, -0.2) is 4.39 Å². The molecule has 0 aromatic heterocycles. The fraction of sp³-hybridized carbons (Fsp3) is 0.750. The van der Waals surface area contributed by atoms with E-state index >= 15 is 0 Å². The Kier molecular flexibility index (Phi) is 6.04. The van der Waals surface area contributed by atoms with Crippen LogP contribution in [0.4, 0.5) is 8.78 Å². The zero-order valence-corrected chi connectivity index (χ0v) is 16.7. The van der Waals surface area contributed by atoms with Gasteiger partial charge in [0.05, 0.1) is 6.10 Å². The van der Waals surface area contributed by atoms with Gasteiger partial charge in [0, 0.05) is 0 Å². The van der Waals surface area contributed by atoms with E-state index in [1.54, 1.807) is 13.0 Å². The summed E-state index contributed by atoms with van der Waals surface area (Å²) in [6, 6.07) is 1.75. The maximum Gasteiger partial charge on any atom is 0.201 e. The smallest absolute Gasteiger partial charge is 0.201 e. The Morgan fingerprint density at radius 2 is 1.56 bits per heavy atom. The van der Waals surface area contributed by atoms with Crippen molar-refractivity contribution in [1.82, 2.24) is 0 Å². The molecular formula is C24H34F2O. The lowest BCUT2D eigenvalue weighted by Gasteiger charge is -2.36. The van der Waals surface area contributed by atoms with E-state index in [2.05, 4.69) is 0 Å². The van der Waals surface area contributed by atoms with Crippen molar-refractivity contribution in [1.29, 1.82) is 0 Å². The van der Waals surface area contributed by atoms with Crippen molar-refractivity contribution in [2.75, 3.05) is 0 Å². The van der Waals surface area contributed by atoms with Crippen molar-refractivity contribution in [3.63, 3.8) is 0 Å². The molecule has 1 heterocycles. The molecule has 2 saturated carbocycles. The lowest BCUT2D eigenvalue weighted by atomic mass is 9.70. The Balaban J connectivity index is 1.25. The molecule has 1 atom stereocenters. The fourth-order valence-corrected chi connectivity index (χ4v) is 5.84. The molecule has 1 aromatic carbocycles.